The van der Waals surface area contributed by atoms with Crippen LogP contribution in [0.5, 0.6) is 0 Å². The minimum absolute atomic E-state index is 0.0105. The average Bonchev–Trinajstić information content (AvgIpc) is 2.40. The lowest BCUT2D eigenvalue weighted by atomic mass is 10.1. The number of halogens is 5. The third kappa shape index (κ3) is 3.67. The molecule has 2 aromatic rings. The van der Waals surface area contributed by atoms with Crippen LogP contribution in [0.4, 0.5) is 23.2 Å². The highest BCUT2D eigenvalue weighted by atomic mass is 35.5. The van der Waals surface area contributed by atoms with E-state index in [-0.39, 0.29) is 23.1 Å². The van der Waals surface area contributed by atoms with Gasteiger partial charge in [-0.2, -0.15) is 13.2 Å². The maximum absolute atomic E-state index is 13.2. The van der Waals surface area contributed by atoms with Gasteiger partial charge in [-0.1, -0.05) is 29.8 Å². The quantitative estimate of drug-likeness (QED) is 0.745. The van der Waals surface area contributed by atoms with Crippen molar-refractivity contribution in [2.75, 3.05) is 5.32 Å². The van der Waals surface area contributed by atoms with Crippen molar-refractivity contribution in [2.24, 2.45) is 0 Å². The zero-order valence-electron chi connectivity index (χ0n) is 11.1. The van der Waals surface area contributed by atoms with Crippen molar-refractivity contribution < 1.29 is 17.6 Å². The highest BCUT2D eigenvalue weighted by Crippen LogP contribution is 2.38. The van der Waals surface area contributed by atoms with Gasteiger partial charge < -0.3 is 5.32 Å². The Balaban J connectivity index is 2.25. The van der Waals surface area contributed by atoms with E-state index in [9.17, 15) is 17.6 Å². The molecule has 0 aliphatic carbocycles. The molecule has 0 radical (unpaired) electrons. The van der Waals surface area contributed by atoms with Gasteiger partial charge in [0.1, 0.15) is 5.82 Å². The van der Waals surface area contributed by atoms with Gasteiger partial charge in [-0.25, -0.2) is 4.39 Å². The number of benzene rings is 2. The second kappa shape index (κ2) is 5.93. The molecule has 0 aromatic heterocycles. The molecule has 0 fully saturated rings. The maximum atomic E-state index is 13.2. The molecule has 0 atom stereocenters. The summed E-state index contributed by atoms with van der Waals surface area (Å²) in [5.41, 5.74) is 0.105. The van der Waals surface area contributed by atoms with Crippen molar-refractivity contribution in [1.82, 2.24) is 0 Å². The van der Waals surface area contributed by atoms with Crippen molar-refractivity contribution in [3.05, 3.63) is 63.9 Å². The number of aryl methyl sites for hydroxylation is 1. The summed E-state index contributed by atoms with van der Waals surface area (Å²) in [5, 5.41) is 2.67. The second-order valence-electron chi connectivity index (χ2n) is 4.60. The Hall–Kier alpha value is -1.75. The van der Waals surface area contributed by atoms with Gasteiger partial charge in [0, 0.05) is 6.54 Å². The Kier molecular flexibility index (Phi) is 4.42. The number of para-hydroxylation sites is 1. The van der Waals surface area contributed by atoms with Gasteiger partial charge in [-0.3, -0.25) is 0 Å². The monoisotopic (exact) mass is 317 g/mol. The zero-order chi connectivity index (χ0) is 15.6. The van der Waals surface area contributed by atoms with Crippen LogP contribution >= 0.6 is 11.6 Å². The largest absolute Gasteiger partial charge is 0.418 e. The van der Waals surface area contributed by atoms with E-state index in [4.69, 9.17) is 11.6 Å². The lowest BCUT2D eigenvalue weighted by molar-refractivity contribution is -0.136. The molecule has 1 nitrogen and oxygen atoms in total. The molecule has 0 amide bonds. The van der Waals surface area contributed by atoms with Crippen LogP contribution in [-0.4, -0.2) is 0 Å². The summed E-state index contributed by atoms with van der Waals surface area (Å²) in [4.78, 5) is 0. The molecular weight excluding hydrogens is 306 g/mol. The Morgan fingerprint density at radius 1 is 1.14 bits per heavy atom. The van der Waals surface area contributed by atoms with E-state index in [2.05, 4.69) is 5.32 Å². The number of alkyl halides is 3. The first kappa shape index (κ1) is 15.6. The Labute approximate surface area is 124 Å². The third-order valence-electron chi connectivity index (χ3n) is 3.01. The Morgan fingerprint density at radius 2 is 1.86 bits per heavy atom. The summed E-state index contributed by atoms with van der Waals surface area (Å²) >= 11 is 5.84. The zero-order valence-corrected chi connectivity index (χ0v) is 11.8. The van der Waals surface area contributed by atoms with Crippen molar-refractivity contribution in [2.45, 2.75) is 19.6 Å². The van der Waals surface area contributed by atoms with E-state index in [0.29, 0.717) is 11.1 Å². The Morgan fingerprint density at radius 3 is 2.48 bits per heavy atom. The summed E-state index contributed by atoms with van der Waals surface area (Å²) in [5.74, 6) is -0.354. The molecule has 0 heterocycles. The molecule has 0 saturated carbocycles. The number of hydrogen-bond donors (Lipinski definition) is 1. The predicted molar refractivity (Wildman–Crippen MR) is 74.9 cm³/mol. The van der Waals surface area contributed by atoms with Crippen molar-refractivity contribution >= 4 is 17.3 Å². The fraction of sp³-hybridized carbons (Fsp3) is 0.200. The number of nitrogens with one attached hydrogen (secondary N) is 1. The number of rotatable bonds is 3. The number of hydrogen-bond acceptors (Lipinski definition) is 1. The SMILES string of the molecule is Cc1cc(CNc2c(Cl)cccc2C(F)(F)F)ccc1F. The van der Waals surface area contributed by atoms with E-state index in [1.165, 1.54) is 24.3 Å². The number of anilines is 1. The van der Waals surface area contributed by atoms with Crippen LogP contribution < -0.4 is 5.32 Å². The summed E-state index contributed by atoms with van der Waals surface area (Å²) < 4.78 is 51.9. The van der Waals surface area contributed by atoms with Crippen LogP contribution in [0.3, 0.4) is 0 Å². The minimum Gasteiger partial charge on any atom is -0.379 e. The minimum atomic E-state index is -4.49. The molecule has 2 rings (SSSR count). The fourth-order valence-electron chi connectivity index (χ4n) is 1.95. The van der Waals surface area contributed by atoms with Crippen LogP contribution in [-0.2, 0) is 12.7 Å². The van der Waals surface area contributed by atoms with E-state index in [0.717, 1.165) is 6.07 Å². The molecule has 0 aliphatic rings. The maximum Gasteiger partial charge on any atom is 0.418 e. The van der Waals surface area contributed by atoms with Gasteiger partial charge in [0.15, 0.2) is 0 Å². The van der Waals surface area contributed by atoms with Gasteiger partial charge in [0.05, 0.1) is 16.3 Å². The van der Waals surface area contributed by atoms with Crippen LogP contribution in [0.1, 0.15) is 16.7 Å². The lowest BCUT2D eigenvalue weighted by Gasteiger charge is -2.16. The smallest absolute Gasteiger partial charge is 0.379 e. The Bertz CT molecular complexity index is 653. The summed E-state index contributed by atoms with van der Waals surface area (Å²) in [7, 11) is 0. The molecule has 21 heavy (non-hydrogen) atoms. The topological polar surface area (TPSA) is 12.0 Å². The van der Waals surface area contributed by atoms with Gasteiger partial charge in [-0.05, 0) is 36.2 Å². The van der Waals surface area contributed by atoms with E-state index >= 15 is 0 Å². The average molecular weight is 318 g/mol. The van der Waals surface area contributed by atoms with Crippen LogP contribution in [0.25, 0.3) is 0 Å². The van der Waals surface area contributed by atoms with Crippen molar-refractivity contribution in [3.8, 4) is 0 Å². The molecule has 0 aliphatic heterocycles. The fourth-order valence-corrected chi connectivity index (χ4v) is 2.19. The first-order valence-electron chi connectivity index (χ1n) is 6.13. The highest BCUT2D eigenvalue weighted by molar-refractivity contribution is 6.33. The van der Waals surface area contributed by atoms with Gasteiger partial charge in [0.2, 0.25) is 0 Å². The molecule has 112 valence electrons. The molecule has 0 saturated heterocycles. The van der Waals surface area contributed by atoms with Crippen molar-refractivity contribution in [3.63, 3.8) is 0 Å². The molecule has 0 unspecified atom stereocenters. The molecule has 0 spiro atoms. The van der Waals surface area contributed by atoms with Crippen molar-refractivity contribution in [1.29, 1.82) is 0 Å². The van der Waals surface area contributed by atoms with Crippen LogP contribution in [0.15, 0.2) is 36.4 Å². The van der Waals surface area contributed by atoms with Gasteiger partial charge in [-0.15, -0.1) is 0 Å². The predicted octanol–water partition coefficient (Wildman–Crippen LogP) is 5.42. The van der Waals surface area contributed by atoms with Gasteiger partial charge >= 0.3 is 6.18 Å². The van der Waals surface area contributed by atoms with E-state index < -0.39 is 11.7 Å². The first-order chi connectivity index (χ1) is 9.79. The van der Waals surface area contributed by atoms with Crippen LogP contribution in [0.2, 0.25) is 5.02 Å². The normalized spacial score (nSPS) is 11.5. The highest BCUT2D eigenvalue weighted by Gasteiger charge is 2.34. The molecule has 6 heteroatoms. The standard InChI is InChI=1S/C15H12ClF4N/c1-9-7-10(5-6-13(9)17)8-21-14-11(15(18,19)20)3-2-4-12(14)16/h2-7,21H,8H2,1H3. The van der Waals surface area contributed by atoms with Gasteiger partial charge in [0.25, 0.3) is 0 Å². The summed E-state index contributed by atoms with van der Waals surface area (Å²) in [6.07, 6.45) is -4.49. The summed E-state index contributed by atoms with van der Waals surface area (Å²) in [6.45, 7) is 1.71. The first-order valence-corrected chi connectivity index (χ1v) is 6.51. The summed E-state index contributed by atoms with van der Waals surface area (Å²) in [6, 6.07) is 7.97. The lowest BCUT2D eigenvalue weighted by Crippen LogP contribution is -2.11. The molecule has 2 aromatic carbocycles. The van der Waals surface area contributed by atoms with E-state index in [1.807, 2.05) is 0 Å². The molecule has 1 N–H and O–H groups in total. The molecule has 0 bridgehead atoms. The third-order valence-corrected chi connectivity index (χ3v) is 3.33. The second-order valence-corrected chi connectivity index (χ2v) is 5.00. The van der Waals surface area contributed by atoms with Crippen LogP contribution in [0, 0.1) is 12.7 Å². The van der Waals surface area contributed by atoms with E-state index in [1.54, 1.807) is 13.0 Å². The molecular formula is C15H12ClF4N.